The maximum absolute atomic E-state index is 5.91. The highest BCUT2D eigenvalue weighted by atomic mass is 15.4. The Morgan fingerprint density at radius 1 is 0.952 bits per heavy atom. The lowest BCUT2D eigenvalue weighted by atomic mass is 10.1. The second kappa shape index (κ2) is 6.09. The van der Waals surface area contributed by atoms with Crippen molar-refractivity contribution in [1.82, 2.24) is 14.8 Å². The predicted molar refractivity (Wildman–Crippen MR) is 84.3 cm³/mol. The standard InChI is InChI=1S/C16H17N5/c17-15-19-16(18-14-9-5-2-6-10-14)20-21(15)12-11-13-7-3-1-4-8-13/h1-10H,11-12H2,(H3,17,18,19,20). The molecule has 2 aromatic carbocycles. The van der Waals surface area contributed by atoms with E-state index in [0.29, 0.717) is 18.4 Å². The molecule has 0 radical (unpaired) electrons. The fraction of sp³-hybridized carbons (Fsp3) is 0.125. The molecule has 0 fully saturated rings. The van der Waals surface area contributed by atoms with E-state index in [1.807, 2.05) is 48.5 Å². The topological polar surface area (TPSA) is 68.8 Å². The van der Waals surface area contributed by atoms with Crippen LogP contribution < -0.4 is 11.1 Å². The maximum atomic E-state index is 5.91. The van der Waals surface area contributed by atoms with Crippen LogP contribution in [0.1, 0.15) is 5.56 Å². The second-order valence-electron chi connectivity index (χ2n) is 4.74. The minimum absolute atomic E-state index is 0.421. The number of para-hydroxylation sites is 1. The molecule has 3 aromatic rings. The van der Waals surface area contributed by atoms with E-state index in [0.717, 1.165) is 12.1 Å². The molecule has 0 saturated heterocycles. The average molecular weight is 279 g/mol. The number of rotatable bonds is 5. The molecule has 3 N–H and O–H groups in total. The molecule has 0 aliphatic heterocycles. The van der Waals surface area contributed by atoms with Crippen molar-refractivity contribution in [2.75, 3.05) is 11.1 Å². The molecule has 0 aliphatic carbocycles. The summed E-state index contributed by atoms with van der Waals surface area (Å²) < 4.78 is 1.72. The SMILES string of the molecule is Nc1nc(Nc2ccccc2)nn1CCc1ccccc1. The van der Waals surface area contributed by atoms with Crippen LogP contribution in [-0.2, 0) is 13.0 Å². The van der Waals surface area contributed by atoms with Crippen LogP contribution in [0.25, 0.3) is 0 Å². The van der Waals surface area contributed by atoms with Gasteiger partial charge in [-0.15, -0.1) is 5.10 Å². The van der Waals surface area contributed by atoms with Gasteiger partial charge in [-0.2, -0.15) is 4.98 Å². The van der Waals surface area contributed by atoms with Crippen LogP contribution in [0.4, 0.5) is 17.6 Å². The zero-order chi connectivity index (χ0) is 14.5. The number of aromatic nitrogens is 3. The van der Waals surface area contributed by atoms with Crippen molar-refractivity contribution in [3.8, 4) is 0 Å². The third kappa shape index (κ3) is 3.39. The van der Waals surface area contributed by atoms with E-state index >= 15 is 0 Å². The Bertz CT molecular complexity index is 691. The highest BCUT2D eigenvalue weighted by Gasteiger charge is 2.07. The van der Waals surface area contributed by atoms with Gasteiger partial charge in [-0.25, -0.2) is 4.68 Å². The van der Waals surface area contributed by atoms with E-state index in [-0.39, 0.29) is 0 Å². The molecule has 21 heavy (non-hydrogen) atoms. The van der Waals surface area contributed by atoms with Crippen molar-refractivity contribution in [1.29, 1.82) is 0 Å². The van der Waals surface area contributed by atoms with Gasteiger partial charge >= 0.3 is 0 Å². The van der Waals surface area contributed by atoms with E-state index in [1.165, 1.54) is 5.56 Å². The summed E-state index contributed by atoms with van der Waals surface area (Å²) in [5, 5.41) is 7.53. The Morgan fingerprint density at radius 2 is 1.62 bits per heavy atom. The number of anilines is 3. The van der Waals surface area contributed by atoms with Crippen molar-refractivity contribution in [3.63, 3.8) is 0 Å². The molecule has 5 heteroatoms. The number of hydrogen-bond acceptors (Lipinski definition) is 4. The number of nitrogens with one attached hydrogen (secondary N) is 1. The Labute approximate surface area is 123 Å². The molecule has 0 unspecified atom stereocenters. The summed E-state index contributed by atoms with van der Waals surface area (Å²) in [7, 11) is 0. The van der Waals surface area contributed by atoms with Gasteiger partial charge in [0.15, 0.2) is 0 Å². The summed E-state index contributed by atoms with van der Waals surface area (Å²) in [5.74, 6) is 0.941. The Hall–Kier alpha value is -2.82. The number of nitrogens with two attached hydrogens (primary N) is 1. The zero-order valence-electron chi connectivity index (χ0n) is 11.6. The third-order valence-electron chi connectivity index (χ3n) is 3.19. The molecular weight excluding hydrogens is 262 g/mol. The molecule has 0 atom stereocenters. The van der Waals surface area contributed by atoms with Crippen LogP contribution >= 0.6 is 0 Å². The monoisotopic (exact) mass is 279 g/mol. The van der Waals surface area contributed by atoms with Gasteiger partial charge in [-0.1, -0.05) is 48.5 Å². The van der Waals surface area contributed by atoms with Crippen LogP contribution in [0.2, 0.25) is 0 Å². The number of nitrogen functional groups attached to an aromatic ring is 1. The molecule has 1 heterocycles. The Kier molecular flexibility index (Phi) is 3.82. The van der Waals surface area contributed by atoms with Crippen LogP contribution in [0.3, 0.4) is 0 Å². The predicted octanol–water partition coefficient (Wildman–Crippen LogP) is 2.85. The van der Waals surface area contributed by atoms with Crippen molar-refractivity contribution in [3.05, 3.63) is 66.2 Å². The molecule has 0 spiro atoms. The lowest BCUT2D eigenvalue weighted by molar-refractivity contribution is 0.624. The van der Waals surface area contributed by atoms with Crippen molar-refractivity contribution in [2.45, 2.75) is 13.0 Å². The summed E-state index contributed by atoms with van der Waals surface area (Å²) in [5.41, 5.74) is 8.11. The van der Waals surface area contributed by atoms with Gasteiger partial charge in [0, 0.05) is 12.2 Å². The lowest BCUT2D eigenvalue weighted by Crippen LogP contribution is -2.07. The van der Waals surface area contributed by atoms with Gasteiger partial charge < -0.3 is 11.1 Å². The third-order valence-corrected chi connectivity index (χ3v) is 3.19. The van der Waals surface area contributed by atoms with Crippen LogP contribution in [-0.4, -0.2) is 14.8 Å². The first kappa shape index (κ1) is 13.2. The van der Waals surface area contributed by atoms with E-state index in [9.17, 15) is 0 Å². The van der Waals surface area contributed by atoms with Gasteiger partial charge in [0.1, 0.15) is 0 Å². The van der Waals surface area contributed by atoms with Gasteiger partial charge in [0.2, 0.25) is 11.9 Å². The first-order chi connectivity index (χ1) is 10.3. The van der Waals surface area contributed by atoms with Gasteiger partial charge in [0.25, 0.3) is 0 Å². The van der Waals surface area contributed by atoms with Gasteiger partial charge in [0.05, 0.1) is 0 Å². The fourth-order valence-corrected chi connectivity index (χ4v) is 2.10. The normalized spacial score (nSPS) is 10.5. The van der Waals surface area contributed by atoms with Crippen molar-refractivity contribution in [2.24, 2.45) is 0 Å². The van der Waals surface area contributed by atoms with Crippen LogP contribution in [0.15, 0.2) is 60.7 Å². The van der Waals surface area contributed by atoms with Gasteiger partial charge in [-0.3, -0.25) is 0 Å². The minimum Gasteiger partial charge on any atom is -0.368 e. The number of aryl methyl sites for hydroxylation is 2. The maximum Gasteiger partial charge on any atom is 0.248 e. The summed E-state index contributed by atoms with van der Waals surface area (Å²) >= 11 is 0. The Morgan fingerprint density at radius 3 is 2.33 bits per heavy atom. The molecule has 0 saturated carbocycles. The summed E-state index contributed by atoms with van der Waals surface area (Å²) in [6, 6.07) is 20.1. The average Bonchev–Trinajstić information content (AvgIpc) is 2.87. The summed E-state index contributed by atoms with van der Waals surface area (Å²) in [4.78, 5) is 4.24. The van der Waals surface area contributed by atoms with Crippen molar-refractivity contribution >= 4 is 17.6 Å². The molecule has 3 rings (SSSR count). The second-order valence-corrected chi connectivity index (χ2v) is 4.74. The number of hydrogen-bond donors (Lipinski definition) is 2. The van der Waals surface area contributed by atoms with E-state index in [4.69, 9.17) is 5.73 Å². The van der Waals surface area contributed by atoms with Gasteiger partial charge in [-0.05, 0) is 24.1 Å². The molecule has 0 aliphatic rings. The smallest absolute Gasteiger partial charge is 0.248 e. The fourth-order valence-electron chi connectivity index (χ4n) is 2.10. The van der Waals surface area contributed by atoms with E-state index in [2.05, 4.69) is 27.5 Å². The first-order valence-electron chi connectivity index (χ1n) is 6.87. The highest BCUT2D eigenvalue weighted by molar-refractivity contribution is 5.53. The molecule has 0 amide bonds. The van der Waals surface area contributed by atoms with E-state index in [1.54, 1.807) is 4.68 Å². The highest BCUT2D eigenvalue weighted by Crippen LogP contribution is 2.14. The molecule has 0 bridgehead atoms. The summed E-state index contributed by atoms with van der Waals surface area (Å²) in [6.07, 6.45) is 0.874. The summed E-state index contributed by atoms with van der Waals surface area (Å²) in [6.45, 7) is 0.708. The quantitative estimate of drug-likeness (QED) is 0.753. The largest absolute Gasteiger partial charge is 0.368 e. The number of benzene rings is 2. The molecule has 5 nitrogen and oxygen atoms in total. The van der Waals surface area contributed by atoms with Crippen LogP contribution in [0, 0.1) is 0 Å². The van der Waals surface area contributed by atoms with E-state index < -0.39 is 0 Å². The lowest BCUT2D eigenvalue weighted by Gasteiger charge is -2.03. The zero-order valence-corrected chi connectivity index (χ0v) is 11.6. The molecular formula is C16H17N5. The first-order valence-corrected chi connectivity index (χ1v) is 6.87. The molecule has 1 aromatic heterocycles. The van der Waals surface area contributed by atoms with Crippen molar-refractivity contribution < 1.29 is 0 Å². The number of nitrogens with zero attached hydrogens (tertiary/aromatic N) is 3. The molecule has 106 valence electrons. The minimum atomic E-state index is 0.421. The van der Waals surface area contributed by atoms with Crippen LogP contribution in [0.5, 0.6) is 0 Å². The Balaban J connectivity index is 1.67.